The molecular formula is C21H25NO8. The van der Waals surface area contributed by atoms with Crippen molar-refractivity contribution < 1.29 is 38.1 Å². The Bertz CT molecular complexity index is 902. The molecule has 0 radical (unpaired) electrons. The van der Waals surface area contributed by atoms with Gasteiger partial charge in [0.05, 0.1) is 31.6 Å². The van der Waals surface area contributed by atoms with Gasteiger partial charge in [-0.1, -0.05) is 12.1 Å². The number of esters is 3. The molecule has 9 nitrogen and oxygen atoms in total. The van der Waals surface area contributed by atoms with E-state index in [9.17, 15) is 14.4 Å². The zero-order valence-corrected chi connectivity index (χ0v) is 17.4. The van der Waals surface area contributed by atoms with Gasteiger partial charge in [0.2, 0.25) is 0 Å². The second-order valence-corrected chi connectivity index (χ2v) is 6.02. The molecule has 0 aliphatic rings. The lowest BCUT2D eigenvalue weighted by Gasteiger charge is -2.10. The highest BCUT2D eigenvalue weighted by Gasteiger charge is 2.26. The lowest BCUT2D eigenvalue weighted by Crippen LogP contribution is -2.16. The molecule has 162 valence electrons. The third-order valence-electron chi connectivity index (χ3n) is 4.08. The molecule has 1 aromatic heterocycles. The third kappa shape index (κ3) is 5.53. The van der Waals surface area contributed by atoms with E-state index in [1.165, 1.54) is 7.11 Å². The van der Waals surface area contributed by atoms with E-state index in [0.717, 1.165) is 0 Å². The first-order valence-electron chi connectivity index (χ1n) is 9.39. The number of aromatic amines is 1. The molecule has 0 atom stereocenters. The smallest absolute Gasteiger partial charge is 0.355 e. The molecule has 0 unspecified atom stereocenters. The van der Waals surface area contributed by atoms with Crippen LogP contribution in [0, 0.1) is 6.92 Å². The number of carbonyl (C=O) groups excluding carboxylic acids is 3. The van der Waals surface area contributed by atoms with Crippen LogP contribution in [0.2, 0.25) is 0 Å². The highest BCUT2D eigenvalue weighted by Crippen LogP contribution is 2.26. The summed E-state index contributed by atoms with van der Waals surface area (Å²) in [7, 11) is 1.49. The van der Waals surface area contributed by atoms with Crippen LogP contribution in [0.15, 0.2) is 24.3 Å². The highest BCUT2D eigenvalue weighted by molar-refractivity contribution is 5.98. The molecule has 1 N–H and O–H groups in total. The third-order valence-corrected chi connectivity index (χ3v) is 4.08. The SMILES string of the molecule is CCOC(=O)c1[nH]c(COC(=O)COc2ccccc2OC)c(C(=O)OCC)c1C. The predicted octanol–water partition coefficient (Wildman–Crippen LogP) is 2.81. The van der Waals surface area contributed by atoms with Crippen molar-refractivity contribution in [1.29, 1.82) is 0 Å². The number of aromatic nitrogens is 1. The highest BCUT2D eigenvalue weighted by atomic mass is 16.6. The zero-order valence-electron chi connectivity index (χ0n) is 17.4. The summed E-state index contributed by atoms with van der Waals surface area (Å²) < 4.78 is 25.8. The molecule has 1 aromatic carbocycles. The maximum atomic E-state index is 12.3. The molecule has 0 aliphatic heterocycles. The topological polar surface area (TPSA) is 113 Å². The Kier molecular flexibility index (Phi) is 8.28. The Morgan fingerprint density at radius 2 is 1.57 bits per heavy atom. The van der Waals surface area contributed by atoms with Gasteiger partial charge in [0, 0.05) is 0 Å². The number of ether oxygens (including phenoxy) is 5. The van der Waals surface area contributed by atoms with E-state index in [4.69, 9.17) is 23.7 Å². The summed E-state index contributed by atoms with van der Waals surface area (Å²) in [5.74, 6) is -1.03. The van der Waals surface area contributed by atoms with Crippen LogP contribution in [-0.4, -0.2) is 49.8 Å². The molecule has 1 heterocycles. The van der Waals surface area contributed by atoms with Crippen molar-refractivity contribution in [2.45, 2.75) is 27.4 Å². The number of nitrogens with one attached hydrogen (secondary N) is 1. The van der Waals surface area contributed by atoms with Crippen molar-refractivity contribution in [3.8, 4) is 11.5 Å². The molecular weight excluding hydrogens is 394 g/mol. The molecule has 30 heavy (non-hydrogen) atoms. The first-order valence-corrected chi connectivity index (χ1v) is 9.39. The molecule has 0 amide bonds. The van der Waals surface area contributed by atoms with Crippen molar-refractivity contribution in [3.63, 3.8) is 0 Å². The average Bonchev–Trinajstić information content (AvgIpc) is 3.07. The molecule has 0 fully saturated rings. The summed E-state index contributed by atoms with van der Waals surface area (Å²) in [4.78, 5) is 39.4. The minimum Gasteiger partial charge on any atom is -0.493 e. The molecule has 0 aliphatic carbocycles. The van der Waals surface area contributed by atoms with E-state index in [2.05, 4.69) is 4.98 Å². The van der Waals surface area contributed by atoms with Crippen molar-refractivity contribution in [2.24, 2.45) is 0 Å². The summed E-state index contributed by atoms with van der Waals surface area (Å²) in [5.41, 5.74) is 0.845. The van der Waals surface area contributed by atoms with Crippen molar-refractivity contribution in [1.82, 2.24) is 4.98 Å². The van der Waals surface area contributed by atoms with Gasteiger partial charge in [0.1, 0.15) is 12.3 Å². The summed E-state index contributed by atoms with van der Waals surface area (Å²) in [6, 6.07) is 6.87. The van der Waals surface area contributed by atoms with Crippen LogP contribution in [0.25, 0.3) is 0 Å². The van der Waals surface area contributed by atoms with Gasteiger partial charge < -0.3 is 28.7 Å². The largest absolute Gasteiger partial charge is 0.493 e. The summed E-state index contributed by atoms with van der Waals surface area (Å²) in [6.45, 7) is 4.63. The van der Waals surface area contributed by atoms with Crippen LogP contribution in [-0.2, 0) is 25.6 Å². The molecule has 9 heteroatoms. The molecule has 0 bridgehead atoms. The van der Waals surface area contributed by atoms with Gasteiger partial charge in [0.15, 0.2) is 18.1 Å². The van der Waals surface area contributed by atoms with E-state index in [0.29, 0.717) is 17.1 Å². The number of benzene rings is 1. The number of rotatable bonds is 10. The lowest BCUT2D eigenvalue weighted by molar-refractivity contribution is -0.147. The fourth-order valence-electron chi connectivity index (χ4n) is 2.72. The molecule has 0 spiro atoms. The van der Waals surface area contributed by atoms with E-state index in [1.807, 2.05) is 0 Å². The van der Waals surface area contributed by atoms with E-state index < -0.39 is 17.9 Å². The van der Waals surface area contributed by atoms with Gasteiger partial charge >= 0.3 is 17.9 Å². The van der Waals surface area contributed by atoms with Crippen LogP contribution < -0.4 is 9.47 Å². The first kappa shape index (κ1) is 22.8. The Labute approximate surface area is 174 Å². The quantitative estimate of drug-likeness (QED) is 0.462. The molecule has 0 saturated heterocycles. The predicted molar refractivity (Wildman–Crippen MR) is 106 cm³/mol. The van der Waals surface area contributed by atoms with E-state index >= 15 is 0 Å². The fourth-order valence-corrected chi connectivity index (χ4v) is 2.72. The van der Waals surface area contributed by atoms with Crippen LogP contribution in [0.1, 0.15) is 46.0 Å². The van der Waals surface area contributed by atoms with Crippen LogP contribution in [0.5, 0.6) is 11.5 Å². The number of hydrogen-bond acceptors (Lipinski definition) is 8. The average molecular weight is 419 g/mol. The summed E-state index contributed by atoms with van der Waals surface area (Å²) in [5, 5.41) is 0. The Hall–Kier alpha value is -3.49. The maximum Gasteiger partial charge on any atom is 0.355 e. The number of hydrogen-bond donors (Lipinski definition) is 1. The van der Waals surface area contributed by atoms with Gasteiger partial charge in [-0.3, -0.25) is 0 Å². The van der Waals surface area contributed by atoms with Crippen molar-refractivity contribution >= 4 is 17.9 Å². The molecule has 2 rings (SSSR count). The Balaban J connectivity index is 2.10. The van der Waals surface area contributed by atoms with E-state index in [1.54, 1.807) is 45.0 Å². The maximum absolute atomic E-state index is 12.3. The van der Waals surface area contributed by atoms with Gasteiger partial charge in [-0.15, -0.1) is 0 Å². The number of carbonyl (C=O) groups is 3. The summed E-state index contributed by atoms with van der Waals surface area (Å²) in [6.07, 6.45) is 0. The van der Waals surface area contributed by atoms with Gasteiger partial charge in [-0.2, -0.15) is 0 Å². The first-order chi connectivity index (χ1) is 14.4. The second-order valence-electron chi connectivity index (χ2n) is 6.02. The van der Waals surface area contributed by atoms with Gasteiger partial charge in [-0.05, 0) is 38.5 Å². The summed E-state index contributed by atoms with van der Waals surface area (Å²) >= 11 is 0. The Morgan fingerprint density at radius 3 is 2.20 bits per heavy atom. The zero-order chi connectivity index (χ0) is 22.1. The van der Waals surface area contributed by atoms with Gasteiger partial charge in [-0.25, -0.2) is 14.4 Å². The van der Waals surface area contributed by atoms with Crippen LogP contribution in [0.4, 0.5) is 0 Å². The number of methoxy groups -OCH3 is 1. The second kappa shape index (κ2) is 10.9. The lowest BCUT2D eigenvalue weighted by atomic mass is 10.1. The Morgan fingerprint density at radius 1 is 0.933 bits per heavy atom. The minimum atomic E-state index is -0.666. The molecule has 2 aromatic rings. The number of H-pyrrole nitrogens is 1. The van der Waals surface area contributed by atoms with E-state index in [-0.39, 0.29) is 43.4 Å². The van der Waals surface area contributed by atoms with Crippen LogP contribution in [0.3, 0.4) is 0 Å². The van der Waals surface area contributed by atoms with Crippen molar-refractivity contribution in [3.05, 3.63) is 46.8 Å². The normalized spacial score (nSPS) is 10.3. The standard InChI is InChI=1S/C21H25NO8/c1-5-27-20(24)18-13(3)19(21(25)28-6-2)22-14(18)11-30-17(23)12-29-16-10-8-7-9-15(16)26-4/h7-10,22H,5-6,11-12H2,1-4H3. The number of para-hydroxylation sites is 2. The van der Waals surface area contributed by atoms with Crippen LogP contribution >= 0.6 is 0 Å². The molecule has 0 saturated carbocycles. The monoisotopic (exact) mass is 419 g/mol. The minimum absolute atomic E-state index is 0.108. The fraction of sp³-hybridized carbons (Fsp3) is 0.381. The van der Waals surface area contributed by atoms with Gasteiger partial charge in [0.25, 0.3) is 0 Å². The van der Waals surface area contributed by atoms with Crippen molar-refractivity contribution in [2.75, 3.05) is 26.9 Å².